The molecule has 0 bridgehead atoms. The van der Waals surface area contributed by atoms with Crippen LogP contribution in [0.15, 0.2) is 18.2 Å². The highest BCUT2D eigenvalue weighted by molar-refractivity contribution is 6.30. The van der Waals surface area contributed by atoms with Crippen LogP contribution in [0.2, 0.25) is 5.02 Å². The van der Waals surface area contributed by atoms with Crippen LogP contribution in [0.1, 0.15) is 18.9 Å². The number of benzene rings is 1. The van der Waals surface area contributed by atoms with E-state index < -0.39 is 11.5 Å². The van der Waals surface area contributed by atoms with E-state index >= 15 is 0 Å². The first kappa shape index (κ1) is 12.4. The first-order chi connectivity index (χ1) is 7.00. The molecular weight excluding hydrogens is 220 g/mol. The number of hydrogen-bond donors (Lipinski definition) is 1. The van der Waals surface area contributed by atoms with E-state index in [9.17, 15) is 8.78 Å². The lowest BCUT2D eigenvalue weighted by atomic mass is 9.94. The standard InChI is InChI=1S/C11H14ClF2N/c1-2-11(14,7-15)6-8-3-4-10(13)9(12)5-8/h3-5H,2,6-7,15H2,1H3. The van der Waals surface area contributed by atoms with Crippen molar-refractivity contribution < 1.29 is 8.78 Å². The van der Waals surface area contributed by atoms with Crippen molar-refractivity contribution in [3.8, 4) is 0 Å². The maximum atomic E-state index is 13.9. The summed E-state index contributed by atoms with van der Waals surface area (Å²) in [6.07, 6.45) is 0.499. The number of rotatable bonds is 4. The molecule has 15 heavy (non-hydrogen) atoms. The Bertz CT molecular complexity index is 337. The van der Waals surface area contributed by atoms with Gasteiger partial charge in [0, 0.05) is 13.0 Å². The molecular formula is C11H14ClF2N. The molecule has 1 rings (SSSR count). The molecule has 4 heteroatoms. The van der Waals surface area contributed by atoms with Crippen molar-refractivity contribution in [1.82, 2.24) is 0 Å². The van der Waals surface area contributed by atoms with E-state index in [1.54, 1.807) is 6.92 Å². The van der Waals surface area contributed by atoms with Crippen molar-refractivity contribution in [2.45, 2.75) is 25.4 Å². The molecule has 1 atom stereocenters. The minimum atomic E-state index is -1.43. The summed E-state index contributed by atoms with van der Waals surface area (Å²) in [5.41, 5.74) is 4.59. The van der Waals surface area contributed by atoms with Gasteiger partial charge in [0.15, 0.2) is 0 Å². The van der Waals surface area contributed by atoms with Gasteiger partial charge in [-0.15, -0.1) is 0 Å². The maximum Gasteiger partial charge on any atom is 0.141 e. The molecule has 0 aliphatic rings. The average molecular weight is 234 g/mol. The molecule has 0 radical (unpaired) electrons. The third-order valence-corrected chi connectivity index (χ3v) is 2.79. The summed E-state index contributed by atoms with van der Waals surface area (Å²) < 4.78 is 26.8. The molecule has 1 aromatic rings. The Labute approximate surface area is 93.2 Å². The number of alkyl halides is 1. The van der Waals surface area contributed by atoms with E-state index in [2.05, 4.69) is 0 Å². The molecule has 0 aliphatic heterocycles. The quantitative estimate of drug-likeness (QED) is 0.850. The molecule has 0 heterocycles. The van der Waals surface area contributed by atoms with E-state index in [1.807, 2.05) is 0 Å². The van der Waals surface area contributed by atoms with Crippen molar-refractivity contribution >= 4 is 11.6 Å². The largest absolute Gasteiger partial charge is 0.328 e. The molecule has 0 saturated carbocycles. The van der Waals surface area contributed by atoms with Gasteiger partial charge in [0.1, 0.15) is 11.5 Å². The van der Waals surface area contributed by atoms with Gasteiger partial charge < -0.3 is 5.73 Å². The Balaban J connectivity index is 2.85. The van der Waals surface area contributed by atoms with Crippen LogP contribution in [0.3, 0.4) is 0 Å². The van der Waals surface area contributed by atoms with E-state index in [4.69, 9.17) is 17.3 Å². The summed E-state index contributed by atoms with van der Waals surface area (Å²) in [6.45, 7) is 1.69. The molecule has 0 spiro atoms. The predicted octanol–water partition coefficient (Wildman–Crippen LogP) is 3.10. The van der Waals surface area contributed by atoms with Crippen LogP contribution in [0.4, 0.5) is 8.78 Å². The molecule has 84 valence electrons. The second-order valence-corrected chi connectivity index (χ2v) is 4.04. The molecule has 0 amide bonds. The molecule has 0 saturated heterocycles. The van der Waals surface area contributed by atoms with Crippen LogP contribution in [-0.2, 0) is 6.42 Å². The van der Waals surface area contributed by atoms with Gasteiger partial charge in [0.2, 0.25) is 0 Å². The summed E-state index contributed by atoms with van der Waals surface area (Å²) in [4.78, 5) is 0. The first-order valence-corrected chi connectivity index (χ1v) is 5.21. The molecule has 0 aliphatic carbocycles. The van der Waals surface area contributed by atoms with Crippen molar-refractivity contribution in [3.63, 3.8) is 0 Å². The molecule has 0 aromatic heterocycles. The summed E-state index contributed by atoms with van der Waals surface area (Å²) in [5.74, 6) is -0.492. The Morgan fingerprint density at radius 3 is 2.60 bits per heavy atom. The zero-order valence-corrected chi connectivity index (χ0v) is 9.32. The van der Waals surface area contributed by atoms with Crippen LogP contribution in [0.5, 0.6) is 0 Å². The fourth-order valence-electron chi connectivity index (χ4n) is 1.36. The highest BCUT2D eigenvalue weighted by atomic mass is 35.5. The third kappa shape index (κ3) is 3.14. The van der Waals surface area contributed by atoms with Crippen LogP contribution in [0, 0.1) is 5.82 Å². The Hall–Kier alpha value is -0.670. The number of nitrogens with two attached hydrogens (primary N) is 1. The maximum absolute atomic E-state index is 13.9. The van der Waals surface area contributed by atoms with Gasteiger partial charge in [-0.1, -0.05) is 24.6 Å². The van der Waals surface area contributed by atoms with Crippen molar-refractivity contribution in [3.05, 3.63) is 34.6 Å². The minimum absolute atomic E-state index is 0.0166. The van der Waals surface area contributed by atoms with E-state index in [-0.39, 0.29) is 18.0 Å². The Kier molecular flexibility index (Phi) is 4.05. The predicted molar refractivity (Wildman–Crippen MR) is 58.3 cm³/mol. The van der Waals surface area contributed by atoms with Gasteiger partial charge in [-0.25, -0.2) is 8.78 Å². The highest BCUT2D eigenvalue weighted by Crippen LogP contribution is 2.23. The molecule has 2 N–H and O–H groups in total. The Morgan fingerprint density at radius 1 is 1.47 bits per heavy atom. The van der Waals surface area contributed by atoms with Gasteiger partial charge in [-0.3, -0.25) is 0 Å². The second kappa shape index (κ2) is 4.90. The lowest BCUT2D eigenvalue weighted by molar-refractivity contribution is 0.167. The van der Waals surface area contributed by atoms with E-state index in [1.165, 1.54) is 18.2 Å². The molecule has 1 aromatic carbocycles. The second-order valence-electron chi connectivity index (χ2n) is 3.63. The zero-order chi connectivity index (χ0) is 11.5. The van der Waals surface area contributed by atoms with Gasteiger partial charge >= 0.3 is 0 Å². The molecule has 1 nitrogen and oxygen atoms in total. The van der Waals surface area contributed by atoms with E-state index in [0.717, 1.165) is 0 Å². The lowest BCUT2D eigenvalue weighted by Gasteiger charge is -2.21. The minimum Gasteiger partial charge on any atom is -0.328 e. The van der Waals surface area contributed by atoms with E-state index in [0.29, 0.717) is 12.0 Å². The monoisotopic (exact) mass is 233 g/mol. The topological polar surface area (TPSA) is 26.0 Å². The van der Waals surface area contributed by atoms with Crippen molar-refractivity contribution in [2.24, 2.45) is 5.73 Å². The average Bonchev–Trinajstić information content (AvgIpc) is 2.23. The highest BCUT2D eigenvalue weighted by Gasteiger charge is 2.26. The van der Waals surface area contributed by atoms with Crippen LogP contribution in [0.25, 0.3) is 0 Å². The zero-order valence-electron chi connectivity index (χ0n) is 8.56. The van der Waals surface area contributed by atoms with Crippen LogP contribution >= 0.6 is 11.6 Å². The third-order valence-electron chi connectivity index (χ3n) is 2.50. The normalized spacial score (nSPS) is 15.0. The SMILES string of the molecule is CCC(F)(CN)Cc1ccc(F)c(Cl)c1. The summed E-state index contributed by atoms with van der Waals surface area (Å²) in [5, 5.41) is 0.0166. The fraction of sp³-hybridized carbons (Fsp3) is 0.455. The number of hydrogen-bond acceptors (Lipinski definition) is 1. The summed E-state index contributed by atoms with van der Waals surface area (Å²) in [6, 6.07) is 4.21. The molecule has 0 fully saturated rings. The molecule has 1 unspecified atom stereocenters. The summed E-state index contributed by atoms with van der Waals surface area (Å²) in [7, 11) is 0. The van der Waals surface area contributed by atoms with Gasteiger partial charge in [0.25, 0.3) is 0 Å². The Morgan fingerprint density at radius 2 is 2.13 bits per heavy atom. The van der Waals surface area contributed by atoms with Crippen LogP contribution in [-0.4, -0.2) is 12.2 Å². The summed E-state index contributed by atoms with van der Waals surface area (Å²) >= 11 is 5.60. The lowest BCUT2D eigenvalue weighted by Crippen LogP contribution is -2.34. The van der Waals surface area contributed by atoms with Gasteiger partial charge in [0.05, 0.1) is 5.02 Å². The van der Waals surface area contributed by atoms with Crippen molar-refractivity contribution in [2.75, 3.05) is 6.54 Å². The van der Waals surface area contributed by atoms with Crippen molar-refractivity contribution in [1.29, 1.82) is 0 Å². The first-order valence-electron chi connectivity index (χ1n) is 4.83. The van der Waals surface area contributed by atoms with Gasteiger partial charge in [-0.05, 0) is 24.1 Å². The van der Waals surface area contributed by atoms with Crippen LogP contribution < -0.4 is 5.73 Å². The smallest absolute Gasteiger partial charge is 0.141 e. The van der Waals surface area contributed by atoms with Gasteiger partial charge in [-0.2, -0.15) is 0 Å². The number of halogens is 3. The fourth-order valence-corrected chi connectivity index (χ4v) is 1.56.